The van der Waals surface area contributed by atoms with Crippen LogP contribution in [0.25, 0.3) is 10.2 Å². The summed E-state index contributed by atoms with van der Waals surface area (Å²) in [5.74, 6) is -0.287. The molecule has 0 aliphatic carbocycles. The van der Waals surface area contributed by atoms with Crippen LogP contribution in [0.2, 0.25) is 0 Å². The van der Waals surface area contributed by atoms with Gasteiger partial charge < -0.3 is 5.32 Å². The number of benzene rings is 3. The van der Waals surface area contributed by atoms with Gasteiger partial charge in [-0.2, -0.15) is 0 Å². The van der Waals surface area contributed by atoms with E-state index in [1.807, 2.05) is 26.0 Å². The molecule has 9 heteroatoms. The molecule has 0 bridgehead atoms. The van der Waals surface area contributed by atoms with Crippen molar-refractivity contribution in [1.82, 2.24) is 4.57 Å². The van der Waals surface area contributed by atoms with Crippen molar-refractivity contribution in [3.8, 4) is 0 Å². The van der Waals surface area contributed by atoms with Crippen molar-refractivity contribution < 1.29 is 13.2 Å². The van der Waals surface area contributed by atoms with Crippen LogP contribution < -0.4 is 14.5 Å². The van der Waals surface area contributed by atoms with Crippen LogP contribution in [-0.2, 0) is 16.6 Å². The molecule has 0 aliphatic rings. The van der Waals surface area contributed by atoms with Gasteiger partial charge in [-0.15, -0.1) is 0 Å². The van der Waals surface area contributed by atoms with Gasteiger partial charge in [-0.05, 0) is 61.9 Å². The van der Waals surface area contributed by atoms with Crippen LogP contribution in [0.15, 0.2) is 77.6 Å². The highest BCUT2D eigenvalue weighted by atomic mass is 32.2. The number of hydrogen-bond acceptors (Lipinski definition) is 5. The second kappa shape index (κ2) is 9.44. The normalized spacial score (nSPS) is 11.6. The standard InChI is InChI=1S/C25H25N3O4S2/c1-17(2)28-22-14-13-20(15-23(22)33-25(28)30)26-24(29)19-11-9-18(10-12-19)16-27(34(3,31)32)21-7-5-4-6-8-21/h4-15,17H,16H2,1-3H3,(H,26,29). The Morgan fingerprint density at radius 1 is 1.03 bits per heavy atom. The number of rotatable bonds is 7. The number of nitrogens with one attached hydrogen (secondary N) is 1. The molecular weight excluding hydrogens is 470 g/mol. The number of aromatic nitrogens is 1. The minimum Gasteiger partial charge on any atom is -0.322 e. The van der Waals surface area contributed by atoms with Crippen LogP contribution in [0, 0.1) is 0 Å². The molecule has 0 spiro atoms. The summed E-state index contributed by atoms with van der Waals surface area (Å²) in [6.07, 6.45) is 1.17. The Kier molecular flexibility index (Phi) is 6.58. The third kappa shape index (κ3) is 5.05. The Balaban J connectivity index is 1.50. The Hall–Kier alpha value is -3.43. The first-order chi connectivity index (χ1) is 16.1. The highest BCUT2D eigenvalue weighted by Gasteiger charge is 2.18. The molecule has 0 fully saturated rings. The van der Waals surface area contributed by atoms with Crippen molar-refractivity contribution in [2.45, 2.75) is 26.4 Å². The fourth-order valence-electron chi connectivity index (χ4n) is 3.73. The van der Waals surface area contributed by atoms with Gasteiger partial charge in [0.1, 0.15) is 0 Å². The summed E-state index contributed by atoms with van der Waals surface area (Å²) in [4.78, 5) is 25.0. The number of carbonyl (C=O) groups is 1. The number of para-hydroxylation sites is 1. The summed E-state index contributed by atoms with van der Waals surface area (Å²) in [7, 11) is -3.48. The molecule has 4 rings (SSSR count). The predicted octanol–water partition coefficient (Wildman–Crippen LogP) is 4.86. The highest BCUT2D eigenvalue weighted by molar-refractivity contribution is 7.92. The number of amides is 1. The van der Waals surface area contributed by atoms with Gasteiger partial charge in [0.2, 0.25) is 10.0 Å². The summed E-state index contributed by atoms with van der Waals surface area (Å²) >= 11 is 1.15. The zero-order valence-corrected chi connectivity index (χ0v) is 20.7. The van der Waals surface area contributed by atoms with Crippen LogP contribution >= 0.6 is 11.3 Å². The van der Waals surface area contributed by atoms with Gasteiger partial charge in [0, 0.05) is 17.3 Å². The maximum absolute atomic E-state index is 12.8. The lowest BCUT2D eigenvalue weighted by Crippen LogP contribution is -2.29. The summed E-state index contributed by atoms with van der Waals surface area (Å²) in [6, 6.07) is 21.2. The highest BCUT2D eigenvalue weighted by Crippen LogP contribution is 2.25. The molecule has 1 heterocycles. The molecule has 0 atom stereocenters. The molecule has 0 saturated heterocycles. The van der Waals surface area contributed by atoms with Crippen molar-refractivity contribution in [1.29, 1.82) is 0 Å². The van der Waals surface area contributed by atoms with Gasteiger partial charge in [-0.3, -0.25) is 18.5 Å². The first-order valence-electron chi connectivity index (χ1n) is 10.7. The molecular formula is C25H25N3O4S2. The molecule has 7 nitrogen and oxygen atoms in total. The van der Waals surface area contributed by atoms with Crippen molar-refractivity contribution in [3.05, 3.63) is 93.6 Å². The first kappa shape index (κ1) is 23.7. The van der Waals surface area contributed by atoms with Crippen LogP contribution in [0.5, 0.6) is 0 Å². The molecule has 0 aliphatic heterocycles. The summed E-state index contributed by atoms with van der Waals surface area (Å²) in [5.41, 5.74) is 3.23. The monoisotopic (exact) mass is 495 g/mol. The molecule has 0 radical (unpaired) electrons. The number of fused-ring (bicyclic) bond motifs is 1. The largest absolute Gasteiger partial charge is 0.322 e. The van der Waals surface area contributed by atoms with Gasteiger partial charge in [-0.1, -0.05) is 41.7 Å². The maximum Gasteiger partial charge on any atom is 0.308 e. The minimum atomic E-state index is -3.48. The second-order valence-corrected chi connectivity index (χ2v) is 11.2. The molecule has 1 N–H and O–H groups in total. The quantitative estimate of drug-likeness (QED) is 0.396. The van der Waals surface area contributed by atoms with E-state index in [-0.39, 0.29) is 23.4 Å². The Morgan fingerprint density at radius 2 is 1.71 bits per heavy atom. The van der Waals surface area contributed by atoms with E-state index in [2.05, 4.69) is 5.32 Å². The number of anilines is 2. The Labute approximate surface area is 202 Å². The Morgan fingerprint density at radius 3 is 2.32 bits per heavy atom. The molecule has 1 aromatic heterocycles. The summed E-state index contributed by atoms with van der Waals surface area (Å²) in [5, 5.41) is 2.87. The zero-order valence-electron chi connectivity index (χ0n) is 19.1. The van der Waals surface area contributed by atoms with Gasteiger partial charge in [0.25, 0.3) is 5.91 Å². The van der Waals surface area contributed by atoms with E-state index in [0.717, 1.165) is 27.1 Å². The van der Waals surface area contributed by atoms with E-state index in [4.69, 9.17) is 0 Å². The zero-order chi connectivity index (χ0) is 24.5. The second-order valence-electron chi connectivity index (χ2n) is 8.27. The third-order valence-corrected chi connectivity index (χ3v) is 7.43. The average molecular weight is 496 g/mol. The Bertz CT molecular complexity index is 1490. The lowest BCUT2D eigenvalue weighted by Gasteiger charge is -2.22. The van der Waals surface area contributed by atoms with Gasteiger partial charge >= 0.3 is 4.87 Å². The molecule has 0 unspecified atom stereocenters. The third-order valence-electron chi connectivity index (χ3n) is 5.37. The average Bonchev–Trinajstić information content (AvgIpc) is 3.12. The smallest absolute Gasteiger partial charge is 0.308 e. The van der Waals surface area contributed by atoms with E-state index < -0.39 is 10.0 Å². The van der Waals surface area contributed by atoms with Crippen molar-refractivity contribution in [3.63, 3.8) is 0 Å². The van der Waals surface area contributed by atoms with Crippen molar-refractivity contribution >= 4 is 48.9 Å². The molecule has 1 amide bonds. The van der Waals surface area contributed by atoms with Crippen LogP contribution in [0.4, 0.5) is 11.4 Å². The van der Waals surface area contributed by atoms with Crippen LogP contribution in [0.1, 0.15) is 35.8 Å². The molecule has 4 aromatic rings. The molecule has 34 heavy (non-hydrogen) atoms. The SMILES string of the molecule is CC(C)n1c(=O)sc2cc(NC(=O)c3ccc(CN(c4ccccc4)S(C)(=O)=O)cc3)ccc21. The number of hydrogen-bond donors (Lipinski definition) is 1. The fourth-order valence-corrected chi connectivity index (χ4v) is 5.67. The van der Waals surface area contributed by atoms with Crippen molar-refractivity contribution in [2.75, 3.05) is 15.9 Å². The topological polar surface area (TPSA) is 88.5 Å². The van der Waals surface area contributed by atoms with Gasteiger partial charge in [0.15, 0.2) is 0 Å². The van der Waals surface area contributed by atoms with Crippen LogP contribution in [0.3, 0.4) is 0 Å². The van der Waals surface area contributed by atoms with Gasteiger partial charge in [0.05, 0.1) is 28.7 Å². The van der Waals surface area contributed by atoms with E-state index in [1.54, 1.807) is 65.2 Å². The molecule has 176 valence electrons. The lowest BCUT2D eigenvalue weighted by molar-refractivity contribution is 0.102. The van der Waals surface area contributed by atoms with Gasteiger partial charge in [-0.25, -0.2) is 8.42 Å². The maximum atomic E-state index is 12.8. The van der Waals surface area contributed by atoms with E-state index in [0.29, 0.717) is 16.9 Å². The number of thiazole rings is 1. The molecule has 3 aromatic carbocycles. The number of carbonyl (C=O) groups excluding carboxylic acids is 1. The van der Waals surface area contributed by atoms with E-state index in [1.165, 1.54) is 10.6 Å². The van der Waals surface area contributed by atoms with Crippen molar-refractivity contribution in [2.24, 2.45) is 0 Å². The summed E-state index contributed by atoms with van der Waals surface area (Å²) in [6.45, 7) is 4.08. The van der Waals surface area contributed by atoms with Crippen LogP contribution in [-0.4, -0.2) is 25.1 Å². The lowest BCUT2D eigenvalue weighted by atomic mass is 10.1. The molecule has 0 saturated carbocycles. The van der Waals surface area contributed by atoms with E-state index >= 15 is 0 Å². The summed E-state index contributed by atoms with van der Waals surface area (Å²) < 4.78 is 28.5. The van der Waals surface area contributed by atoms with E-state index in [9.17, 15) is 18.0 Å². The first-order valence-corrected chi connectivity index (χ1v) is 13.4. The fraction of sp³-hybridized carbons (Fsp3) is 0.200. The number of sulfonamides is 1. The number of nitrogens with zero attached hydrogens (tertiary/aromatic N) is 2. The minimum absolute atomic E-state index is 0.0253. The predicted molar refractivity (Wildman–Crippen MR) is 138 cm³/mol.